The molecule has 19 heavy (non-hydrogen) atoms. The highest BCUT2D eigenvalue weighted by Crippen LogP contribution is 2.30. The van der Waals surface area contributed by atoms with Crippen LogP contribution in [0.1, 0.15) is 18.9 Å². The van der Waals surface area contributed by atoms with E-state index in [4.69, 9.17) is 5.11 Å². The molecule has 0 saturated heterocycles. The summed E-state index contributed by atoms with van der Waals surface area (Å²) >= 11 is 0. The Labute approximate surface area is 109 Å². The molecule has 0 aliphatic carbocycles. The fourth-order valence-corrected chi connectivity index (χ4v) is 1.66. The molecule has 0 fully saturated rings. The largest absolute Gasteiger partial charge is 0.480 e. The van der Waals surface area contributed by atoms with Crippen LogP contribution in [0.3, 0.4) is 0 Å². The van der Waals surface area contributed by atoms with Gasteiger partial charge < -0.3 is 10.0 Å². The van der Waals surface area contributed by atoms with Gasteiger partial charge in [-0.3, -0.25) is 9.59 Å². The lowest BCUT2D eigenvalue weighted by atomic mass is 10.1. The van der Waals surface area contributed by atoms with E-state index in [1.165, 1.54) is 12.1 Å². The summed E-state index contributed by atoms with van der Waals surface area (Å²) in [6.45, 7) is 0.936. The molecule has 0 heterocycles. The van der Waals surface area contributed by atoms with Gasteiger partial charge in [-0.2, -0.15) is 8.78 Å². The zero-order chi connectivity index (χ0) is 14.5. The van der Waals surface area contributed by atoms with Crippen LogP contribution in [0.25, 0.3) is 0 Å². The van der Waals surface area contributed by atoms with Crippen LogP contribution >= 0.6 is 0 Å². The van der Waals surface area contributed by atoms with E-state index in [0.29, 0.717) is 11.3 Å². The Balaban J connectivity index is 2.97. The van der Waals surface area contributed by atoms with Crippen molar-refractivity contribution >= 4 is 11.9 Å². The molecule has 1 rings (SSSR count). The number of benzene rings is 1. The van der Waals surface area contributed by atoms with Gasteiger partial charge in [0.05, 0.1) is 0 Å². The molecule has 0 saturated carbocycles. The molecule has 6 heteroatoms. The Hall–Kier alpha value is -1.98. The minimum absolute atomic E-state index is 0.0203. The molecule has 0 aromatic heterocycles. The zero-order valence-electron chi connectivity index (χ0n) is 10.5. The summed E-state index contributed by atoms with van der Waals surface area (Å²) in [6.07, 6.45) is 0.407. The van der Waals surface area contributed by atoms with Gasteiger partial charge >= 0.3 is 11.9 Å². The van der Waals surface area contributed by atoms with E-state index < -0.39 is 29.9 Å². The predicted octanol–water partition coefficient (Wildman–Crippen LogP) is 2.10. The van der Waals surface area contributed by atoms with Crippen LogP contribution in [0, 0.1) is 0 Å². The van der Waals surface area contributed by atoms with Gasteiger partial charge in [-0.1, -0.05) is 37.3 Å². The zero-order valence-corrected chi connectivity index (χ0v) is 10.5. The van der Waals surface area contributed by atoms with Gasteiger partial charge in [0.25, 0.3) is 5.91 Å². The Morgan fingerprint density at radius 1 is 1.26 bits per heavy atom. The van der Waals surface area contributed by atoms with Crippen molar-refractivity contribution in [3.8, 4) is 0 Å². The Morgan fingerprint density at radius 2 is 1.84 bits per heavy atom. The Kier molecular flexibility index (Phi) is 4.97. The van der Waals surface area contributed by atoms with E-state index >= 15 is 0 Å². The van der Waals surface area contributed by atoms with Crippen molar-refractivity contribution in [2.75, 3.05) is 13.1 Å². The second-order valence-electron chi connectivity index (χ2n) is 4.06. The molecule has 0 unspecified atom stereocenters. The smallest absolute Gasteiger partial charge is 0.349 e. The maximum Gasteiger partial charge on any atom is 0.349 e. The van der Waals surface area contributed by atoms with Gasteiger partial charge in [0.15, 0.2) is 0 Å². The standard InChI is InChI=1S/C13H15F2NO3/c1-2-8-16(9-11(17)18)12(19)13(14,15)10-6-4-3-5-7-10/h3-7H,2,8-9H2,1H3,(H,17,18). The van der Waals surface area contributed by atoms with E-state index in [0.717, 1.165) is 12.1 Å². The number of hydrogen-bond donors (Lipinski definition) is 1. The molecule has 1 N–H and O–H groups in total. The van der Waals surface area contributed by atoms with Crippen molar-refractivity contribution < 1.29 is 23.5 Å². The molecular weight excluding hydrogens is 256 g/mol. The first-order valence-corrected chi connectivity index (χ1v) is 5.84. The summed E-state index contributed by atoms with van der Waals surface area (Å²) in [5.41, 5.74) is -0.438. The highest BCUT2D eigenvalue weighted by molar-refractivity contribution is 5.87. The third-order valence-electron chi connectivity index (χ3n) is 2.51. The molecule has 1 aromatic carbocycles. The number of carboxylic acids is 1. The molecule has 0 aliphatic heterocycles. The van der Waals surface area contributed by atoms with Gasteiger partial charge in [0.2, 0.25) is 0 Å². The van der Waals surface area contributed by atoms with Crippen molar-refractivity contribution in [3.63, 3.8) is 0 Å². The monoisotopic (exact) mass is 271 g/mol. The number of halogens is 2. The van der Waals surface area contributed by atoms with Gasteiger partial charge in [-0.25, -0.2) is 0 Å². The fraction of sp³-hybridized carbons (Fsp3) is 0.385. The molecule has 1 aromatic rings. The summed E-state index contributed by atoms with van der Waals surface area (Å²) in [4.78, 5) is 23.1. The lowest BCUT2D eigenvalue weighted by Gasteiger charge is -2.25. The van der Waals surface area contributed by atoms with Gasteiger partial charge in [-0.05, 0) is 6.42 Å². The molecule has 0 aliphatic rings. The van der Waals surface area contributed by atoms with Crippen LogP contribution in [0.4, 0.5) is 8.78 Å². The minimum Gasteiger partial charge on any atom is -0.480 e. The number of nitrogens with zero attached hydrogens (tertiary/aromatic N) is 1. The second-order valence-corrected chi connectivity index (χ2v) is 4.06. The molecular formula is C13H15F2NO3. The van der Waals surface area contributed by atoms with E-state index in [2.05, 4.69) is 0 Å². The van der Waals surface area contributed by atoms with E-state index in [1.54, 1.807) is 13.0 Å². The highest BCUT2D eigenvalue weighted by atomic mass is 19.3. The molecule has 1 amide bonds. The third-order valence-corrected chi connectivity index (χ3v) is 2.51. The topological polar surface area (TPSA) is 57.6 Å². The lowest BCUT2D eigenvalue weighted by Crippen LogP contribution is -2.44. The van der Waals surface area contributed by atoms with Crippen LogP contribution in [-0.2, 0) is 15.5 Å². The van der Waals surface area contributed by atoms with Gasteiger partial charge in [0, 0.05) is 12.1 Å². The Bertz CT molecular complexity index is 448. The molecule has 0 bridgehead atoms. The number of aliphatic carboxylic acids is 1. The summed E-state index contributed by atoms with van der Waals surface area (Å²) in [6, 6.07) is 6.65. The molecule has 0 atom stereocenters. The SMILES string of the molecule is CCCN(CC(=O)O)C(=O)C(F)(F)c1ccccc1. The van der Waals surface area contributed by atoms with Crippen LogP contribution < -0.4 is 0 Å². The summed E-state index contributed by atoms with van der Waals surface area (Å²) in [5, 5.41) is 8.66. The number of alkyl halides is 2. The summed E-state index contributed by atoms with van der Waals surface area (Å²) < 4.78 is 28.0. The predicted molar refractivity (Wildman–Crippen MR) is 64.8 cm³/mol. The lowest BCUT2D eigenvalue weighted by molar-refractivity contribution is -0.162. The third kappa shape index (κ3) is 3.74. The van der Waals surface area contributed by atoms with Crippen molar-refractivity contribution in [3.05, 3.63) is 35.9 Å². The number of carbonyl (C=O) groups excluding carboxylic acids is 1. The number of carbonyl (C=O) groups is 2. The molecule has 0 spiro atoms. The van der Waals surface area contributed by atoms with Crippen molar-refractivity contribution in [1.29, 1.82) is 0 Å². The molecule has 0 radical (unpaired) electrons. The van der Waals surface area contributed by atoms with Crippen molar-refractivity contribution in [1.82, 2.24) is 4.90 Å². The Morgan fingerprint density at radius 3 is 2.32 bits per heavy atom. The van der Waals surface area contributed by atoms with Gasteiger partial charge in [0.1, 0.15) is 6.54 Å². The van der Waals surface area contributed by atoms with Crippen LogP contribution in [0.2, 0.25) is 0 Å². The number of hydrogen-bond acceptors (Lipinski definition) is 2. The maximum atomic E-state index is 14.0. The van der Waals surface area contributed by atoms with E-state index in [9.17, 15) is 18.4 Å². The average molecular weight is 271 g/mol. The van der Waals surface area contributed by atoms with Gasteiger partial charge in [-0.15, -0.1) is 0 Å². The highest BCUT2D eigenvalue weighted by Gasteiger charge is 2.43. The van der Waals surface area contributed by atoms with Crippen molar-refractivity contribution in [2.24, 2.45) is 0 Å². The molecule has 104 valence electrons. The number of amides is 1. The van der Waals surface area contributed by atoms with Crippen LogP contribution in [0.5, 0.6) is 0 Å². The second kappa shape index (κ2) is 6.26. The number of rotatable bonds is 6. The van der Waals surface area contributed by atoms with E-state index in [-0.39, 0.29) is 6.54 Å². The first-order chi connectivity index (χ1) is 8.89. The maximum absolute atomic E-state index is 14.0. The van der Waals surface area contributed by atoms with E-state index in [1.807, 2.05) is 0 Å². The van der Waals surface area contributed by atoms with Crippen LogP contribution in [-0.4, -0.2) is 35.0 Å². The van der Waals surface area contributed by atoms with Crippen LogP contribution in [0.15, 0.2) is 30.3 Å². The normalized spacial score (nSPS) is 11.1. The number of carboxylic acid groups (broad SMARTS) is 1. The summed E-state index contributed by atoms with van der Waals surface area (Å²) in [5.74, 6) is -6.51. The fourth-order valence-electron chi connectivity index (χ4n) is 1.66. The molecule has 4 nitrogen and oxygen atoms in total. The first-order valence-electron chi connectivity index (χ1n) is 5.84. The van der Waals surface area contributed by atoms with Crippen molar-refractivity contribution in [2.45, 2.75) is 19.3 Å². The quantitative estimate of drug-likeness (QED) is 0.862. The summed E-state index contributed by atoms with van der Waals surface area (Å²) in [7, 11) is 0. The first kappa shape index (κ1) is 15.1. The average Bonchev–Trinajstić information content (AvgIpc) is 2.38. The minimum atomic E-state index is -3.72.